The molecule has 1 N–H and O–H groups in total. The molecule has 0 atom stereocenters. The third kappa shape index (κ3) is 7.78. The van der Waals surface area contributed by atoms with Gasteiger partial charge < -0.3 is 34.8 Å². The van der Waals surface area contributed by atoms with Crippen LogP contribution in [0.4, 0.5) is 0 Å². The van der Waals surface area contributed by atoms with Gasteiger partial charge in [0.15, 0.2) is 0 Å². The second-order valence-corrected chi connectivity index (χ2v) is 2.42. The van der Waals surface area contributed by atoms with Gasteiger partial charge in [-0.1, -0.05) is 0 Å². The van der Waals surface area contributed by atoms with E-state index in [1.807, 2.05) is 0 Å². The van der Waals surface area contributed by atoms with Crippen LogP contribution in [0.1, 0.15) is 12.8 Å². The first-order valence-corrected chi connectivity index (χ1v) is 3.11. The predicted octanol–water partition coefficient (Wildman–Crippen LogP) is -8.25. The zero-order chi connectivity index (χ0) is 10.6. The van der Waals surface area contributed by atoms with Crippen molar-refractivity contribution in [1.82, 2.24) is 0 Å². The number of aliphatic carboxylic acids is 3. The van der Waals surface area contributed by atoms with Crippen LogP contribution in [-0.4, -0.2) is 28.6 Å². The molecule has 0 rings (SSSR count). The quantitative estimate of drug-likeness (QED) is 0.487. The maximum absolute atomic E-state index is 10.1. The Morgan fingerprint density at radius 1 is 1.00 bits per heavy atom. The molecule has 0 unspecified atom stereocenters. The van der Waals surface area contributed by atoms with E-state index in [1.165, 1.54) is 0 Å². The van der Waals surface area contributed by atoms with E-state index in [2.05, 4.69) is 0 Å². The molecule has 9 heteroatoms. The molecule has 0 aliphatic heterocycles. The molecule has 0 amide bonds. The van der Waals surface area contributed by atoms with Crippen molar-refractivity contribution in [3.05, 3.63) is 0 Å². The van der Waals surface area contributed by atoms with Gasteiger partial charge in [0.25, 0.3) is 0 Å². The summed E-state index contributed by atoms with van der Waals surface area (Å²) in [4.78, 5) is 30.0. The molecule has 0 heterocycles. The first-order chi connectivity index (χ1) is 5.78. The van der Waals surface area contributed by atoms with Gasteiger partial charge in [0, 0.05) is 24.8 Å². The van der Waals surface area contributed by atoms with Gasteiger partial charge in [0.2, 0.25) is 0 Å². The van der Waals surface area contributed by atoms with Crippen molar-refractivity contribution < 1.29 is 81.4 Å². The van der Waals surface area contributed by atoms with Crippen LogP contribution in [0.3, 0.4) is 0 Å². The summed E-state index contributed by atoms with van der Waals surface area (Å²) in [5.41, 5.74) is -2.97. The van der Waals surface area contributed by atoms with Crippen LogP contribution in [-0.2, 0) is 31.5 Å². The van der Waals surface area contributed by atoms with Crippen molar-refractivity contribution in [3.63, 3.8) is 0 Å². The Hall–Kier alpha value is -0.111. The maximum atomic E-state index is 10.1. The molecular weight excluding hydrogens is 262 g/mol. The fourth-order valence-corrected chi connectivity index (χ4v) is 0.684. The van der Waals surface area contributed by atoms with Crippen molar-refractivity contribution in [1.29, 1.82) is 0 Å². The smallest absolute Gasteiger partial charge is 0.550 e. The average molecular weight is 267 g/mol. The molecule has 15 heavy (non-hydrogen) atoms. The summed E-state index contributed by atoms with van der Waals surface area (Å²) in [6.45, 7) is 0. The van der Waals surface area contributed by atoms with Gasteiger partial charge in [-0.05, 0) is 0 Å². The van der Waals surface area contributed by atoms with E-state index in [-0.39, 0.29) is 46.6 Å². The summed E-state index contributed by atoms with van der Waals surface area (Å²) >= 11 is 0. The van der Waals surface area contributed by atoms with Gasteiger partial charge in [-0.3, -0.25) is 0 Å². The normalized spacial score (nSPS) is 9.40. The SMILES string of the molecule is O=C([O-])CC(O)(CC(=O)[O-])C(=O)[O-].[Mn+2].[Na+]. The molecule has 0 aromatic rings. The largest absolute Gasteiger partial charge is 2.00 e. The molecular formula is C6H5MnNaO7. The molecule has 7 nitrogen and oxygen atoms in total. The number of carbonyl (C=O) groups is 3. The molecule has 0 fully saturated rings. The van der Waals surface area contributed by atoms with Gasteiger partial charge >= 0.3 is 46.6 Å². The van der Waals surface area contributed by atoms with Gasteiger partial charge in [0.05, 0.1) is 5.97 Å². The first-order valence-electron chi connectivity index (χ1n) is 3.11. The third-order valence-electron chi connectivity index (χ3n) is 1.25. The monoisotopic (exact) mass is 267 g/mol. The first kappa shape index (κ1) is 20.3. The number of rotatable bonds is 5. The van der Waals surface area contributed by atoms with Crippen molar-refractivity contribution in [2.45, 2.75) is 18.4 Å². The maximum Gasteiger partial charge on any atom is 2.00 e. The fraction of sp³-hybridized carbons (Fsp3) is 0.500. The molecule has 0 saturated carbocycles. The molecule has 0 spiro atoms. The zero-order valence-corrected chi connectivity index (χ0v) is 10.9. The molecule has 0 aliphatic carbocycles. The van der Waals surface area contributed by atoms with E-state index >= 15 is 0 Å². The Balaban J connectivity index is -0.000000720. The van der Waals surface area contributed by atoms with Crippen molar-refractivity contribution in [2.75, 3.05) is 0 Å². The number of carboxylic acids is 3. The number of hydrogen-bond acceptors (Lipinski definition) is 7. The Kier molecular flexibility index (Phi) is 11.0. The molecule has 0 aromatic heterocycles. The summed E-state index contributed by atoms with van der Waals surface area (Å²) in [5, 5.41) is 38.9. The van der Waals surface area contributed by atoms with Gasteiger partial charge in [0.1, 0.15) is 5.60 Å². The third-order valence-corrected chi connectivity index (χ3v) is 1.25. The van der Waals surface area contributed by atoms with Gasteiger partial charge in [-0.25, -0.2) is 0 Å². The van der Waals surface area contributed by atoms with E-state index in [0.29, 0.717) is 0 Å². The summed E-state index contributed by atoms with van der Waals surface area (Å²) in [7, 11) is 0. The molecule has 0 bridgehead atoms. The van der Waals surface area contributed by atoms with Gasteiger partial charge in [-0.2, -0.15) is 0 Å². The Bertz CT molecular complexity index is 238. The topological polar surface area (TPSA) is 141 Å². The van der Waals surface area contributed by atoms with E-state index in [0.717, 1.165) is 0 Å². The minimum atomic E-state index is -2.97. The van der Waals surface area contributed by atoms with E-state index < -0.39 is 36.4 Å². The molecule has 0 saturated heterocycles. The van der Waals surface area contributed by atoms with Crippen LogP contribution in [0.15, 0.2) is 0 Å². The van der Waals surface area contributed by atoms with E-state index in [1.54, 1.807) is 0 Å². The van der Waals surface area contributed by atoms with Crippen molar-refractivity contribution in [3.8, 4) is 0 Å². The minimum absolute atomic E-state index is 0. The van der Waals surface area contributed by atoms with Crippen LogP contribution in [0.25, 0.3) is 0 Å². The second-order valence-electron chi connectivity index (χ2n) is 2.42. The Labute approximate surface area is 117 Å². The number of aliphatic hydroxyl groups is 1. The standard InChI is InChI=1S/C6H8O7.Mn.Na/c7-3(8)1-6(13,5(11)12)2-4(9)10;;/h13H,1-2H2,(H,7,8)(H,9,10)(H,11,12);;/q;+2;+1/p-3. The fourth-order valence-electron chi connectivity index (χ4n) is 0.684. The van der Waals surface area contributed by atoms with Crippen molar-refractivity contribution in [2.24, 2.45) is 0 Å². The van der Waals surface area contributed by atoms with E-state index in [9.17, 15) is 29.7 Å². The van der Waals surface area contributed by atoms with Crippen LogP contribution in [0.2, 0.25) is 0 Å². The second kappa shape index (κ2) is 8.09. The average Bonchev–Trinajstić information content (AvgIpc) is 1.82. The summed E-state index contributed by atoms with van der Waals surface area (Å²) in [5.74, 6) is -5.98. The summed E-state index contributed by atoms with van der Waals surface area (Å²) < 4.78 is 0. The van der Waals surface area contributed by atoms with Crippen molar-refractivity contribution >= 4 is 17.9 Å². The summed E-state index contributed by atoms with van der Waals surface area (Å²) in [6, 6.07) is 0. The molecule has 0 aliphatic rings. The predicted molar refractivity (Wildman–Crippen MR) is 29.2 cm³/mol. The molecule has 79 valence electrons. The number of carboxylic acid groups (broad SMARTS) is 3. The minimum Gasteiger partial charge on any atom is -0.550 e. The zero-order valence-electron chi connectivity index (χ0n) is 7.69. The van der Waals surface area contributed by atoms with Gasteiger partial charge in [-0.15, -0.1) is 0 Å². The molecule has 0 aromatic carbocycles. The number of carbonyl (C=O) groups excluding carboxylic acids is 3. The van der Waals surface area contributed by atoms with Crippen LogP contribution < -0.4 is 44.9 Å². The Morgan fingerprint density at radius 2 is 1.27 bits per heavy atom. The molecule has 1 radical (unpaired) electrons. The summed E-state index contributed by atoms with van der Waals surface area (Å²) in [6.07, 6.45) is -2.72. The Morgan fingerprint density at radius 3 is 1.40 bits per heavy atom. The van der Waals surface area contributed by atoms with Crippen LogP contribution in [0.5, 0.6) is 0 Å². The van der Waals surface area contributed by atoms with Crippen LogP contribution in [0, 0.1) is 0 Å². The number of hydrogen-bond donors (Lipinski definition) is 1. The van der Waals surface area contributed by atoms with E-state index in [4.69, 9.17) is 5.11 Å². The van der Waals surface area contributed by atoms with Crippen LogP contribution >= 0.6 is 0 Å².